The third kappa shape index (κ3) is 5.47. The summed E-state index contributed by atoms with van der Waals surface area (Å²) in [5.74, 6) is 0.905. The van der Waals surface area contributed by atoms with Gasteiger partial charge < -0.3 is 26.4 Å². The topological polar surface area (TPSA) is 111 Å². The summed E-state index contributed by atoms with van der Waals surface area (Å²) in [4.78, 5) is 21.6. The molecule has 2 aromatic heterocycles. The first kappa shape index (κ1) is 22.7. The fourth-order valence-electron chi connectivity index (χ4n) is 3.75. The van der Waals surface area contributed by atoms with Crippen LogP contribution in [0.3, 0.4) is 0 Å². The van der Waals surface area contributed by atoms with E-state index < -0.39 is 5.60 Å². The molecule has 1 aliphatic rings. The zero-order valence-corrected chi connectivity index (χ0v) is 19.2. The van der Waals surface area contributed by atoms with E-state index in [1.165, 1.54) is 11.1 Å². The number of pyridine rings is 2. The second kappa shape index (κ2) is 9.56. The monoisotopic (exact) mass is 446 g/mol. The van der Waals surface area contributed by atoms with E-state index in [4.69, 9.17) is 0 Å². The van der Waals surface area contributed by atoms with Crippen LogP contribution >= 0.6 is 0 Å². The summed E-state index contributed by atoms with van der Waals surface area (Å²) in [6, 6.07) is 13.5. The lowest BCUT2D eigenvalue weighted by Gasteiger charge is -2.19. The quantitative estimate of drug-likeness (QED) is 0.377. The van der Waals surface area contributed by atoms with Gasteiger partial charge in [0.1, 0.15) is 17.2 Å². The van der Waals surface area contributed by atoms with Gasteiger partial charge in [-0.15, -0.1) is 0 Å². The molecule has 8 nitrogen and oxygen atoms in total. The lowest BCUT2D eigenvalue weighted by molar-refractivity contribution is 0.0740. The first-order chi connectivity index (χ1) is 15.8. The van der Waals surface area contributed by atoms with E-state index in [1.807, 2.05) is 19.1 Å². The summed E-state index contributed by atoms with van der Waals surface area (Å²) in [5.41, 5.74) is 4.00. The van der Waals surface area contributed by atoms with E-state index in [2.05, 4.69) is 43.4 Å². The fourth-order valence-corrected chi connectivity index (χ4v) is 3.75. The van der Waals surface area contributed by atoms with Gasteiger partial charge in [0.15, 0.2) is 0 Å². The molecule has 5 N–H and O–H groups in total. The lowest BCUT2D eigenvalue weighted by atomic mass is 10.0. The van der Waals surface area contributed by atoms with Gasteiger partial charge in [0.25, 0.3) is 5.91 Å². The van der Waals surface area contributed by atoms with Crippen LogP contribution in [-0.4, -0.2) is 34.1 Å². The van der Waals surface area contributed by atoms with Gasteiger partial charge in [-0.2, -0.15) is 0 Å². The summed E-state index contributed by atoms with van der Waals surface area (Å²) >= 11 is 0. The molecule has 33 heavy (non-hydrogen) atoms. The molecule has 1 aliphatic heterocycles. The minimum absolute atomic E-state index is 0.224. The smallest absolute Gasteiger partial charge is 0.254 e. The zero-order valence-electron chi connectivity index (χ0n) is 19.2. The summed E-state index contributed by atoms with van der Waals surface area (Å²) in [6.07, 6.45) is 2.58. The number of rotatable bonds is 7. The number of aromatic nitrogens is 2. The van der Waals surface area contributed by atoms with Gasteiger partial charge in [0, 0.05) is 31.0 Å². The van der Waals surface area contributed by atoms with E-state index in [1.54, 1.807) is 38.2 Å². The molecular weight excluding hydrogens is 416 g/mol. The highest BCUT2D eigenvalue weighted by atomic mass is 16.3. The largest absolute Gasteiger partial charge is 0.384 e. The van der Waals surface area contributed by atoms with Crippen molar-refractivity contribution in [3.05, 3.63) is 71.0 Å². The number of hydrogen-bond donors (Lipinski definition) is 5. The molecule has 0 atom stereocenters. The van der Waals surface area contributed by atoms with Crippen molar-refractivity contribution in [2.24, 2.45) is 0 Å². The van der Waals surface area contributed by atoms with Crippen LogP contribution < -0.4 is 21.3 Å². The molecule has 0 fully saturated rings. The van der Waals surface area contributed by atoms with Crippen molar-refractivity contribution in [2.45, 2.75) is 39.3 Å². The average molecular weight is 447 g/mol. The lowest BCUT2D eigenvalue weighted by Crippen LogP contribution is -2.24. The number of carbonyl (C=O) groups is 1. The highest BCUT2D eigenvalue weighted by Crippen LogP contribution is 2.27. The predicted octanol–water partition coefficient (Wildman–Crippen LogP) is 3.59. The van der Waals surface area contributed by atoms with Crippen LogP contribution in [0.4, 0.5) is 23.0 Å². The maximum absolute atomic E-state index is 12.6. The Hall–Kier alpha value is -3.49. The number of benzene rings is 1. The van der Waals surface area contributed by atoms with E-state index in [-0.39, 0.29) is 5.91 Å². The van der Waals surface area contributed by atoms with Gasteiger partial charge in [-0.3, -0.25) is 4.79 Å². The molecule has 4 rings (SSSR count). The predicted molar refractivity (Wildman–Crippen MR) is 130 cm³/mol. The molecule has 0 bridgehead atoms. The van der Waals surface area contributed by atoms with Gasteiger partial charge in [0.05, 0.1) is 16.9 Å². The molecule has 0 unspecified atom stereocenters. The SMILES string of the molecule is CCNC(=O)c1cnc(Nc2ccc3c(c2)CNCC3)cc1Nc1cccc(C(C)(C)O)n1. The van der Waals surface area contributed by atoms with Crippen molar-refractivity contribution in [2.75, 3.05) is 23.7 Å². The molecule has 3 aromatic rings. The third-order valence-corrected chi connectivity index (χ3v) is 5.49. The van der Waals surface area contributed by atoms with Gasteiger partial charge >= 0.3 is 0 Å². The van der Waals surface area contributed by atoms with Crippen LogP contribution in [0.5, 0.6) is 0 Å². The Balaban J connectivity index is 1.64. The zero-order chi connectivity index (χ0) is 23.4. The van der Waals surface area contributed by atoms with Gasteiger partial charge in [-0.25, -0.2) is 9.97 Å². The van der Waals surface area contributed by atoms with Crippen molar-refractivity contribution < 1.29 is 9.90 Å². The van der Waals surface area contributed by atoms with Crippen LogP contribution in [0.2, 0.25) is 0 Å². The van der Waals surface area contributed by atoms with Crippen LogP contribution in [-0.2, 0) is 18.6 Å². The molecule has 0 radical (unpaired) electrons. The van der Waals surface area contributed by atoms with E-state index in [0.29, 0.717) is 35.1 Å². The Labute approximate surface area is 193 Å². The fraction of sp³-hybridized carbons (Fsp3) is 0.320. The summed E-state index contributed by atoms with van der Waals surface area (Å²) in [6.45, 7) is 7.59. The summed E-state index contributed by atoms with van der Waals surface area (Å²) in [7, 11) is 0. The Morgan fingerprint density at radius 3 is 2.76 bits per heavy atom. The number of hydrogen-bond acceptors (Lipinski definition) is 7. The standard InChI is InChI=1S/C25H30N6O2/c1-4-27-24(32)19-15-28-23(29-18-9-8-16-10-11-26-14-17(16)12-18)13-20(19)30-22-7-5-6-21(31-22)25(2,3)33/h5-9,12-13,15,26,33H,4,10-11,14H2,1-3H3,(H,27,32)(H2,28,29,30,31). The normalized spacial score (nSPS) is 13.2. The molecule has 0 saturated carbocycles. The van der Waals surface area contributed by atoms with Crippen LogP contribution in [0.1, 0.15) is 48.0 Å². The first-order valence-corrected chi connectivity index (χ1v) is 11.2. The highest BCUT2D eigenvalue weighted by molar-refractivity contribution is 6.00. The van der Waals surface area contributed by atoms with E-state index in [9.17, 15) is 9.90 Å². The van der Waals surface area contributed by atoms with Gasteiger partial charge in [0.2, 0.25) is 0 Å². The molecule has 0 saturated heterocycles. The minimum atomic E-state index is -1.08. The van der Waals surface area contributed by atoms with Crippen LogP contribution in [0.25, 0.3) is 0 Å². The second-order valence-electron chi connectivity index (χ2n) is 8.60. The van der Waals surface area contributed by atoms with E-state index in [0.717, 1.165) is 25.2 Å². The number of carbonyl (C=O) groups excluding carboxylic acids is 1. The first-order valence-electron chi connectivity index (χ1n) is 11.2. The molecule has 0 spiro atoms. The van der Waals surface area contributed by atoms with Gasteiger partial charge in [-0.1, -0.05) is 12.1 Å². The van der Waals surface area contributed by atoms with E-state index >= 15 is 0 Å². The Kier molecular flexibility index (Phi) is 6.57. The van der Waals surface area contributed by atoms with Crippen LogP contribution in [0, 0.1) is 0 Å². The van der Waals surface area contributed by atoms with Gasteiger partial charge in [-0.05, 0) is 69.1 Å². The number of aliphatic hydroxyl groups is 1. The highest BCUT2D eigenvalue weighted by Gasteiger charge is 2.19. The van der Waals surface area contributed by atoms with Crippen LogP contribution in [0.15, 0.2) is 48.7 Å². The molecule has 8 heteroatoms. The number of fused-ring (bicyclic) bond motifs is 1. The van der Waals surface area contributed by atoms with Crippen molar-refractivity contribution in [3.8, 4) is 0 Å². The minimum Gasteiger partial charge on any atom is -0.384 e. The number of nitrogens with one attached hydrogen (secondary N) is 4. The molecule has 3 heterocycles. The Morgan fingerprint density at radius 1 is 1.12 bits per heavy atom. The number of nitrogens with zero attached hydrogens (tertiary/aromatic N) is 2. The second-order valence-corrected chi connectivity index (χ2v) is 8.60. The number of amides is 1. The maximum Gasteiger partial charge on any atom is 0.254 e. The molecule has 172 valence electrons. The molecule has 1 amide bonds. The third-order valence-electron chi connectivity index (χ3n) is 5.49. The Bertz CT molecular complexity index is 1160. The summed E-state index contributed by atoms with van der Waals surface area (Å²) < 4.78 is 0. The number of anilines is 4. The summed E-state index contributed by atoms with van der Waals surface area (Å²) in [5, 5.41) is 23.1. The Morgan fingerprint density at radius 2 is 1.97 bits per heavy atom. The van der Waals surface area contributed by atoms with Crippen molar-refractivity contribution in [1.82, 2.24) is 20.6 Å². The maximum atomic E-state index is 12.6. The van der Waals surface area contributed by atoms with Crippen molar-refractivity contribution >= 4 is 28.9 Å². The van der Waals surface area contributed by atoms with Crippen molar-refractivity contribution in [3.63, 3.8) is 0 Å². The average Bonchev–Trinajstić information content (AvgIpc) is 2.79. The van der Waals surface area contributed by atoms with Crippen molar-refractivity contribution in [1.29, 1.82) is 0 Å². The molecule has 0 aliphatic carbocycles. The molecule has 1 aromatic carbocycles. The molecular formula is C25H30N6O2.